The Labute approximate surface area is 168 Å². The Morgan fingerprint density at radius 2 is 2.07 bits per heavy atom. The molecule has 0 aliphatic carbocycles. The van der Waals surface area contributed by atoms with Crippen LogP contribution in [0.1, 0.15) is 18.2 Å². The van der Waals surface area contributed by atoms with Crippen molar-refractivity contribution in [3.05, 3.63) is 63.3 Å². The summed E-state index contributed by atoms with van der Waals surface area (Å²) >= 11 is 13.5. The van der Waals surface area contributed by atoms with E-state index in [0.717, 1.165) is 9.78 Å². The maximum Gasteiger partial charge on any atom is 0.325 e. The highest BCUT2D eigenvalue weighted by Gasteiger charge is 2.49. The van der Waals surface area contributed by atoms with Crippen LogP contribution in [0.25, 0.3) is 10.8 Å². The number of thiophene rings is 1. The minimum atomic E-state index is -1.23. The van der Waals surface area contributed by atoms with Crippen molar-refractivity contribution in [2.24, 2.45) is 0 Å². The molecule has 0 spiro atoms. The molecular formula is C18H13Cl2N3O3S. The van der Waals surface area contributed by atoms with Gasteiger partial charge in [-0.2, -0.15) is 0 Å². The normalized spacial score (nSPS) is 19.6. The fourth-order valence-electron chi connectivity index (χ4n) is 2.90. The summed E-state index contributed by atoms with van der Waals surface area (Å²) in [6.07, 6.45) is 1.45. The third-order valence-electron chi connectivity index (χ3n) is 4.38. The number of halogens is 2. The van der Waals surface area contributed by atoms with E-state index < -0.39 is 17.5 Å². The van der Waals surface area contributed by atoms with E-state index >= 15 is 0 Å². The van der Waals surface area contributed by atoms with E-state index in [0.29, 0.717) is 27.2 Å². The van der Waals surface area contributed by atoms with Gasteiger partial charge < -0.3 is 9.73 Å². The van der Waals surface area contributed by atoms with E-state index in [1.165, 1.54) is 17.6 Å². The number of amides is 3. The second-order valence-corrected chi connectivity index (χ2v) is 7.96. The van der Waals surface area contributed by atoms with Gasteiger partial charge in [0.05, 0.1) is 27.2 Å². The summed E-state index contributed by atoms with van der Waals surface area (Å²) in [5.74, 6) is 0.0610. The summed E-state index contributed by atoms with van der Waals surface area (Å²) in [6.45, 7) is 1.64. The van der Waals surface area contributed by atoms with E-state index in [1.54, 1.807) is 25.1 Å². The van der Waals surface area contributed by atoms with Crippen molar-refractivity contribution in [2.45, 2.75) is 19.0 Å². The van der Waals surface area contributed by atoms with Crippen LogP contribution in [0.15, 0.2) is 46.4 Å². The van der Waals surface area contributed by atoms with Crippen molar-refractivity contribution in [3.63, 3.8) is 0 Å². The van der Waals surface area contributed by atoms with E-state index in [2.05, 4.69) is 10.3 Å². The molecule has 9 heteroatoms. The molecule has 6 nitrogen and oxygen atoms in total. The summed E-state index contributed by atoms with van der Waals surface area (Å²) in [5, 5.41) is 5.33. The number of imide groups is 1. The second-order valence-electron chi connectivity index (χ2n) is 6.20. The van der Waals surface area contributed by atoms with Crippen molar-refractivity contribution in [1.82, 2.24) is 15.2 Å². The second kappa shape index (κ2) is 6.67. The van der Waals surface area contributed by atoms with Gasteiger partial charge in [-0.25, -0.2) is 9.78 Å². The zero-order chi connectivity index (χ0) is 19.2. The summed E-state index contributed by atoms with van der Waals surface area (Å²) in [4.78, 5) is 31.8. The average molecular weight is 422 g/mol. The molecule has 1 atom stereocenters. The van der Waals surface area contributed by atoms with Gasteiger partial charge in [0, 0.05) is 0 Å². The van der Waals surface area contributed by atoms with Crippen molar-refractivity contribution in [1.29, 1.82) is 0 Å². The molecule has 1 saturated heterocycles. The quantitative estimate of drug-likeness (QED) is 0.620. The fourth-order valence-corrected chi connectivity index (χ4v) is 3.85. The first-order valence-corrected chi connectivity index (χ1v) is 9.60. The first-order valence-electron chi connectivity index (χ1n) is 7.96. The van der Waals surface area contributed by atoms with Gasteiger partial charge in [0.25, 0.3) is 5.91 Å². The van der Waals surface area contributed by atoms with Crippen LogP contribution in [0.3, 0.4) is 0 Å². The number of benzene rings is 1. The van der Waals surface area contributed by atoms with Crippen molar-refractivity contribution < 1.29 is 14.0 Å². The van der Waals surface area contributed by atoms with Gasteiger partial charge in [-0.1, -0.05) is 35.3 Å². The predicted octanol–water partition coefficient (Wildman–Crippen LogP) is 4.68. The van der Waals surface area contributed by atoms with Gasteiger partial charge in [-0.15, -0.1) is 11.3 Å². The lowest BCUT2D eigenvalue weighted by atomic mass is 9.92. The van der Waals surface area contributed by atoms with Crippen LogP contribution < -0.4 is 5.32 Å². The van der Waals surface area contributed by atoms with Crippen LogP contribution in [-0.4, -0.2) is 21.8 Å². The molecule has 4 rings (SSSR count). The molecule has 0 saturated carbocycles. The van der Waals surface area contributed by atoms with Crippen molar-refractivity contribution in [3.8, 4) is 10.8 Å². The van der Waals surface area contributed by atoms with E-state index in [4.69, 9.17) is 27.6 Å². The smallest absolute Gasteiger partial charge is 0.325 e. The molecule has 1 aromatic carbocycles. The Bertz CT molecular complexity index is 1030. The number of carbonyl (C=O) groups excluding carboxylic acids is 2. The molecule has 1 aliphatic heterocycles. The first-order chi connectivity index (χ1) is 12.9. The minimum absolute atomic E-state index is 0.0104. The molecule has 138 valence electrons. The van der Waals surface area contributed by atoms with E-state index in [-0.39, 0.29) is 6.54 Å². The number of nitrogens with one attached hydrogen (secondary N) is 1. The standard InChI is InChI=1S/C18H13Cl2N3O3S/c1-18(10-4-5-12(19)13(20)7-10)16(24)23(17(25)22-18)8-11-9-26-15(21-11)14-3-2-6-27-14/h2-7,9H,8H2,1H3,(H,22,25). The first kappa shape index (κ1) is 18.0. The molecule has 3 amide bonds. The molecule has 27 heavy (non-hydrogen) atoms. The van der Waals surface area contributed by atoms with Crippen LogP contribution in [0.2, 0.25) is 10.0 Å². The molecule has 3 aromatic rings. The van der Waals surface area contributed by atoms with Gasteiger partial charge in [0.2, 0.25) is 5.89 Å². The SMILES string of the molecule is CC1(c2ccc(Cl)c(Cl)c2)NC(=O)N(Cc2coc(-c3cccs3)n2)C1=O. The third kappa shape index (κ3) is 3.12. The molecule has 2 aromatic heterocycles. The van der Waals surface area contributed by atoms with Crippen LogP contribution in [0.5, 0.6) is 0 Å². The van der Waals surface area contributed by atoms with Gasteiger partial charge >= 0.3 is 6.03 Å². The van der Waals surface area contributed by atoms with Gasteiger partial charge in [0.15, 0.2) is 0 Å². The number of nitrogens with zero attached hydrogens (tertiary/aromatic N) is 2. The molecule has 1 aliphatic rings. The maximum atomic E-state index is 13.0. The lowest BCUT2D eigenvalue weighted by Crippen LogP contribution is -2.40. The zero-order valence-electron chi connectivity index (χ0n) is 14.0. The van der Waals surface area contributed by atoms with Gasteiger partial charge in [-0.05, 0) is 36.1 Å². The number of aromatic nitrogens is 1. The molecule has 1 fully saturated rings. The van der Waals surface area contributed by atoms with Gasteiger partial charge in [-0.3, -0.25) is 9.69 Å². The number of rotatable bonds is 4. The topological polar surface area (TPSA) is 75.4 Å². The lowest BCUT2D eigenvalue weighted by Gasteiger charge is -2.22. The van der Waals surface area contributed by atoms with E-state index in [9.17, 15) is 9.59 Å². The number of urea groups is 1. The minimum Gasteiger partial charge on any atom is -0.443 e. The highest BCUT2D eigenvalue weighted by Crippen LogP contribution is 2.33. The molecular weight excluding hydrogens is 409 g/mol. The zero-order valence-corrected chi connectivity index (χ0v) is 16.4. The largest absolute Gasteiger partial charge is 0.443 e. The third-order valence-corrected chi connectivity index (χ3v) is 5.97. The number of carbonyl (C=O) groups is 2. The van der Waals surface area contributed by atoms with Crippen molar-refractivity contribution in [2.75, 3.05) is 0 Å². The Morgan fingerprint density at radius 3 is 2.78 bits per heavy atom. The van der Waals surface area contributed by atoms with Crippen LogP contribution in [-0.2, 0) is 16.9 Å². The average Bonchev–Trinajstić information content (AvgIpc) is 3.35. The highest BCUT2D eigenvalue weighted by molar-refractivity contribution is 7.13. The molecule has 1 unspecified atom stereocenters. The van der Waals surface area contributed by atoms with Crippen LogP contribution in [0, 0.1) is 0 Å². The fraction of sp³-hybridized carbons (Fsp3) is 0.167. The monoisotopic (exact) mass is 421 g/mol. The van der Waals surface area contributed by atoms with E-state index in [1.807, 2.05) is 17.5 Å². The number of hydrogen-bond donors (Lipinski definition) is 1. The number of hydrogen-bond acceptors (Lipinski definition) is 5. The Hall–Kier alpha value is -2.35. The predicted molar refractivity (Wildman–Crippen MR) is 103 cm³/mol. The van der Waals surface area contributed by atoms with Crippen molar-refractivity contribution >= 4 is 46.5 Å². The van der Waals surface area contributed by atoms with Gasteiger partial charge in [0.1, 0.15) is 11.8 Å². The number of oxazole rings is 1. The molecule has 3 heterocycles. The summed E-state index contributed by atoms with van der Waals surface area (Å²) in [6, 6.07) is 8.11. The van der Waals surface area contributed by atoms with Crippen LogP contribution in [0.4, 0.5) is 4.79 Å². The lowest BCUT2D eigenvalue weighted by molar-refractivity contribution is -0.131. The van der Waals surface area contributed by atoms with Crippen LogP contribution >= 0.6 is 34.5 Å². The highest BCUT2D eigenvalue weighted by atomic mass is 35.5. The Balaban J connectivity index is 1.59. The summed E-state index contributed by atoms with van der Waals surface area (Å²) in [7, 11) is 0. The Morgan fingerprint density at radius 1 is 1.26 bits per heavy atom. The molecule has 0 radical (unpaired) electrons. The maximum absolute atomic E-state index is 13.0. The summed E-state index contributed by atoms with van der Waals surface area (Å²) < 4.78 is 5.45. The molecule has 0 bridgehead atoms. The molecule has 1 N–H and O–H groups in total. The Kier molecular flexibility index (Phi) is 4.46. The summed E-state index contributed by atoms with van der Waals surface area (Å²) in [5.41, 5.74) is -0.191.